The number of aromatic nitrogens is 1. The van der Waals surface area contributed by atoms with Gasteiger partial charge in [-0.25, -0.2) is 13.8 Å². The molecule has 0 saturated carbocycles. The summed E-state index contributed by atoms with van der Waals surface area (Å²) < 4.78 is 38.4. The lowest BCUT2D eigenvalue weighted by atomic mass is 9.88. The van der Waals surface area contributed by atoms with Crippen molar-refractivity contribution in [2.24, 2.45) is 5.92 Å². The minimum absolute atomic E-state index is 0.0528. The van der Waals surface area contributed by atoms with Gasteiger partial charge in [-0.15, -0.1) is 0 Å². The van der Waals surface area contributed by atoms with Gasteiger partial charge in [-0.2, -0.15) is 0 Å². The molecular formula is C19H18F2N2O3. The highest BCUT2D eigenvalue weighted by molar-refractivity contribution is 5.80. The number of nitrogens with zero attached hydrogens (tertiary/aromatic N) is 2. The minimum Gasteiger partial charge on any atom is -0.441 e. The van der Waals surface area contributed by atoms with E-state index in [4.69, 9.17) is 9.15 Å². The average Bonchev–Trinajstić information content (AvgIpc) is 3.34. The van der Waals surface area contributed by atoms with Crippen LogP contribution in [0.4, 0.5) is 8.78 Å². The molecule has 5 nitrogen and oxygen atoms in total. The van der Waals surface area contributed by atoms with Crippen molar-refractivity contribution in [2.45, 2.75) is 44.4 Å². The van der Waals surface area contributed by atoms with Crippen molar-refractivity contribution in [1.29, 1.82) is 0 Å². The summed E-state index contributed by atoms with van der Waals surface area (Å²) in [5, 5.41) is 0. The van der Waals surface area contributed by atoms with Crippen LogP contribution in [0.2, 0.25) is 0 Å². The lowest BCUT2D eigenvalue weighted by Crippen LogP contribution is -2.42. The van der Waals surface area contributed by atoms with E-state index in [2.05, 4.69) is 4.98 Å². The number of ether oxygens (including phenoxy) is 1. The maximum Gasteiger partial charge on any atom is 0.228 e. The summed E-state index contributed by atoms with van der Waals surface area (Å²) in [6, 6.07) is 3.19. The third kappa shape index (κ3) is 2.61. The second kappa shape index (κ2) is 5.87. The van der Waals surface area contributed by atoms with Crippen LogP contribution in [0, 0.1) is 17.6 Å². The summed E-state index contributed by atoms with van der Waals surface area (Å²) >= 11 is 0. The first-order valence-corrected chi connectivity index (χ1v) is 8.96. The molecule has 3 atom stereocenters. The zero-order valence-corrected chi connectivity index (χ0v) is 14.1. The lowest BCUT2D eigenvalue weighted by molar-refractivity contribution is -0.138. The van der Waals surface area contributed by atoms with Gasteiger partial charge >= 0.3 is 0 Å². The summed E-state index contributed by atoms with van der Waals surface area (Å²) in [6.45, 7) is 0.926. The molecule has 0 spiro atoms. The number of fused-ring (bicyclic) bond motifs is 3. The molecule has 1 aromatic carbocycles. The van der Waals surface area contributed by atoms with Crippen molar-refractivity contribution >= 4 is 5.91 Å². The molecular weight excluding hydrogens is 342 g/mol. The quantitative estimate of drug-likeness (QED) is 0.826. The van der Waals surface area contributed by atoms with Crippen LogP contribution in [0.1, 0.15) is 30.7 Å². The second-order valence-electron chi connectivity index (χ2n) is 7.27. The molecule has 5 rings (SSSR count). The third-order valence-corrected chi connectivity index (χ3v) is 5.57. The number of hydrogen-bond donors (Lipinski definition) is 0. The zero-order valence-electron chi connectivity index (χ0n) is 14.1. The fourth-order valence-corrected chi connectivity index (χ4v) is 4.32. The first-order valence-electron chi connectivity index (χ1n) is 8.96. The van der Waals surface area contributed by atoms with Crippen LogP contribution in [0.15, 0.2) is 22.6 Å². The Labute approximate surface area is 149 Å². The van der Waals surface area contributed by atoms with Crippen molar-refractivity contribution in [3.05, 3.63) is 41.3 Å². The molecule has 0 radical (unpaired) electrons. The van der Waals surface area contributed by atoms with Crippen molar-refractivity contribution in [3.8, 4) is 11.5 Å². The van der Waals surface area contributed by atoms with Crippen molar-refractivity contribution in [2.75, 3.05) is 6.54 Å². The average molecular weight is 360 g/mol. The molecule has 1 amide bonds. The summed E-state index contributed by atoms with van der Waals surface area (Å²) in [7, 11) is 0. The van der Waals surface area contributed by atoms with E-state index in [9.17, 15) is 13.6 Å². The molecule has 0 N–H and O–H groups in total. The molecule has 26 heavy (non-hydrogen) atoms. The highest BCUT2D eigenvalue weighted by Gasteiger charge is 2.46. The molecule has 3 aliphatic heterocycles. The van der Waals surface area contributed by atoms with Gasteiger partial charge in [0.2, 0.25) is 11.8 Å². The Balaban J connectivity index is 1.36. The molecule has 1 aromatic heterocycles. The van der Waals surface area contributed by atoms with Gasteiger partial charge in [0.05, 0.1) is 24.7 Å². The van der Waals surface area contributed by atoms with E-state index in [0.29, 0.717) is 31.0 Å². The molecule has 2 aromatic rings. The van der Waals surface area contributed by atoms with Gasteiger partial charge in [0.15, 0.2) is 0 Å². The molecule has 136 valence electrons. The Morgan fingerprint density at radius 3 is 2.69 bits per heavy atom. The lowest BCUT2D eigenvalue weighted by Gasteiger charge is -2.30. The molecule has 0 unspecified atom stereocenters. The molecule has 3 aliphatic rings. The monoisotopic (exact) mass is 360 g/mol. The Kier molecular flexibility index (Phi) is 3.60. The van der Waals surface area contributed by atoms with Gasteiger partial charge < -0.3 is 14.1 Å². The first-order chi connectivity index (χ1) is 12.6. The Morgan fingerprint density at radius 1 is 1.19 bits per heavy atom. The number of carbonyl (C=O) groups excluding carboxylic acids is 1. The van der Waals surface area contributed by atoms with E-state index in [-0.39, 0.29) is 35.5 Å². The number of rotatable bonds is 2. The number of halogens is 2. The van der Waals surface area contributed by atoms with E-state index in [1.165, 1.54) is 12.1 Å². The topological polar surface area (TPSA) is 55.6 Å². The highest BCUT2D eigenvalue weighted by atomic mass is 19.1. The number of amides is 1. The smallest absolute Gasteiger partial charge is 0.228 e. The number of hydrogen-bond acceptors (Lipinski definition) is 4. The van der Waals surface area contributed by atoms with Crippen molar-refractivity contribution in [3.63, 3.8) is 0 Å². The van der Waals surface area contributed by atoms with E-state index in [1.807, 2.05) is 0 Å². The normalized spacial score (nSPS) is 27.0. The van der Waals surface area contributed by atoms with Crippen molar-refractivity contribution in [1.82, 2.24) is 9.88 Å². The third-order valence-electron chi connectivity index (χ3n) is 5.57. The van der Waals surface area contributed by atoms with Gasteiger partial charge in [-0.3, -0.25) is 4.79 Å². The van der Waals surface area contributed by atoms with Gasteiger partial charge in [-0.05, 0) is 31.4 Å². The van der Waals surface area contributed by atoms with Gasteiger partial charge in [0.1, 0.15) is 23.1 Å². The van der Waals surface area contributed by atoms with Gasteiger partial charge in [-0.1, -0.05) is 0 Å². The van der Waals surface area contributed by atoms with Crippen LogP contribution in [-0.4, -0.2) is 34.5 Å². The number of carbonyl (C=O) groups is 1. The zero-order chi connectivity index (χ0) is 17.8. The fraction of sp³-hybridized carbons (Fsp3) is 0.474. The summed E-state index contributed by atoms with van der Waals surface area (Å²) in [5.74, 6) is -0.430. The standard InChI is InChI=1S/C19H18F2N2O3/c20-11-5-10(6-12(21)7-11)18-22-15-9-23(4-3-17(15)26-18)19(24)14-8-13-1-2-16(14)25-13/h5-7,13-14,16H,1-4,8-9H2/t13-,14+,16+/m0/s1. The number of benzene rings is 1. The largest absolute Gasteiger partial charge is 0.441 e. The summed E-state index contributed by atoms with van der Waals surface area (Å²) in [6.07, 6.45) is 3.65. The SMILES string of the molecule is O=C([C@@H]1C[C@@H]2CC[C@H]1O2)N1CCc2oc(-c3cc(F)cc(F)c3)nc2C1. The highest BCUT2D eigenvalue weighted by Crippen LogP contribution is 2.40. The minimum atomic E-state index is -0.677. The molecule has 0 aliphatic carbocycles. The molecule has 2 fully saturated rings. The van der Waals surface area contributed by atoms with E-state index in [0.717, 1.165) is 25.3 Å². The van der Waals surface area contributed by atoms with Crippen LogP contribution in [-0.2, 0) is 22.5 Å². The van der Waals surface area contributed by atoms with Crippen LogP contribution < -0.4 is 0 Å². The molecule has 4 heterocycles. The molecule has 7 heteroatoms. The van der Waals surface area contributed by atoms with E-state index in [1.54, 1.807) is 4.90 Å². The van der Waals surface area contributed by atoms with Gasteiger partial charge in [0.25, 0.3) is 0 Å². The summed E-state index contributed by atoms with van der Waals surface area (Å²) in [4.78, 5) is 19.0. The predicted molar refractivity (Wildman–Crippen MR) is 87.0 cm³/mol. The Hall–Kier alpha value is -2.28. The summed E-state index contributed by atoms with van der Waals surface area (Å²) in [5.41, 5.74) is 0.921. The first kappa shape index (κ1) is 15.9. The Morgan fingerprint density at radius 2 is 2.00 bits per heavy atom. The van der Waals surface area contributed by atoms with E-state index >= 15 is 0 Å². The van der Waals surface area contributed by atoms with Crippen molar-refractivity contribution < 1.29 is 22.7 Å². The number of oxazole rings is 1. The van der Waals surface area contributed by atoms with Crippen LogP contribution in [0.5, 0.6) is 0 Å². The Bertz CT molecular complexity index is 861. The van der Waals surface area contributed by atoms with E-state index < -0.39 is 11.6 Å². The van der Waals surface area contributed by atoms with Crippen LogP contribution >= 0.6 is 0 Å². The second-order valence-corrected chi connectivity index (χ2v) is 7.27. The van der Waals surface area contributed by atoms with Gasteiger partial charge in [0, 0.05) is 24.6 Å². The van der Waals surface area contributed by atoms with Crippen LogP contribution in [0.25, 0.3) is 11.5 Å². The fourth-order valence-electron chi connectivity index (χ4n) is 4.32. The molecule has 2 saturated heterocycles. The maximum absolute atomic E-state index is 13.4. The van der Waals surface area contributed by atoms with Crippen LogP contribution in [0.3, 0.4) is 0 Å². The predicted octanol–water partition coefficient (Wildman–Crippen LogP) is 3.07. The maximum atomic E-state index is 13.4. The molecule has 2 bridgehead atoms.